The summed E-state index contributed by atoms with van der Waals surface area (Å²) in [5, 5.41) is 2.66. The first-order valence-electron chi connectivity index (χ1n) is 11.4. The Kier molecular flexibility index (Phi) is 7.61. The van der Waals surface area contributed by atoms with Gasteiger partial charge in [-0.25, -0.2) is 0 Å². The summed E-state index contributed by atoms with van der Waals surface area (Å²) in [4.78, 5) is 0. The predicted molar refractivity (Wildman–Crippen MR) is 118 cm³/mol. The highest BCUT2D eigenvalue weighted by atomic mass is 16.5. The lowest BCUT2D eigenvalue weighted by atomic mass is 9.75. The zero-order valence-electron chi connectivity index (χ0n) is 17.7. The van der Waals surface area contributed by atoms with E-state index in [1.807, 2.05) is 0 Å². The van der Waals surface area contributed by atoms with Crippen LogP contribution < -0.4 is 4.74 Å². The molecule has 1 aliphatic rings. The maximum atomic E-state index is 5.92. The molecule has 27 heavy (non-hydrogen) atoms. The Labute approximate surface area is 166 Å². The highest BCUT2D eigenvalue weighted by molar-refractivity contribution is 5.84. The van der Waals surface area contributed by atoms with Gasteiger partial charge >= 0.3 is 0 Å². The second kappa shape index (κ2) is 10.2. The molecule has 0 amide bonds. The normalized spacial score (nSPS) is 21.3. The molecule has 2 aromatic carbocycles. The van der Waals surface area contributed by atoms with Crippen molar-refractivity contribution >= 4 is 10.8 Å². The van der Waals surface area contributed by atoms with Crippen molar-refractivity contribution in [1.82, 2.24) is 0 Å². The van der Waals surface area contributed by atoms with Gasteiger partial charge in [-0.1, -0.05) is 64.3 Å². The van der Waals surface area contributed by atoms with Gasteiger partial charge in [0, 0.05) is 0 Å². The van der Waals surface area contributed by atoms with Crippen LogP contribution >= 0.6 is 0 Å². The van der Waals surface area contributed by atoms with Crippen LogP contribution in [0.4, 0.5) is 0 Å². The summed E-state index contributed by atoms with van der Waals surface area (Å²) in [6, 6.07) is 13.7. The van der Waals surface area contributed by atoms with E-state index in [0.29, 0.717) is 0 Å². The number of unbranched alkanes of at least 4 members (excludes halogenated alkanes) is 2. The van der Waals surface area contributed by atoms with E-state index in [-0.39, 0.29) is 0 Å². The molecule has 0 spiro atoms. The monoisotopic (exact) mass is 366 g/mol. The fourth-order valence-corrected chi connectivity index (χ4v) is 4.60. The number of benzene rings is 2. The highest BCUT2D eigenvalue weighted by Crippen LogP contribution is 2.39. The molecule has 148 valence electrons. The Morgan fingerprint density at radius 1 is 0.926 bits per heavy atom. The second-order valence-corrected chi connectivity index (χ2v) is 8.79. The van der Waals surface area contributed by atoms with E-state index < -0.39 is 0 Å². The van der Waals surface area contributed by atoms with Crippen LogP contribution in [0.5, 0.6) is 5.75 Å². The van der Waals surface area contributed by atoms with E-state index in [2.05, 4.69) is 57.2 Å². The number of rotatable bonds is 9. The quantitative estimate of drug-likeness (QED) is 0.407. The van der Waals surface area contributed by atoms with Gasteiger partial charge in [0.1, 0.15) is 5.75 Å². The minimum atomic E-state index is 0.757. The van der Waals surface area contributed by atoms with Gasteiger partial charge in [0.15, 0.2) is 0 Å². The molecule has 1 nitrogen and oxygen atoms in total. The number of fused-ring (bicyclic) bond motifs is 1. The molecule has 0 N–H and O–H groups in total. The van der Waals surface area contributed by atoms with E-state index in [1.165, 1.54) is 62.1 Å². The third-order valence-electron chi connectivity index (χ3n) is 6.60. The molecule has 1 fully saturated rings. The van der Waals surface area contributed by atoms with Crippen LogP contribution in [0.3, 0.4) is 0 Å². The van der Waals surface area contributed by atoms with Crippen LogP contribution in [-0.4, -0.2) is 6.61 Å². The number of hydrogen-bond donors (Lipinski definition) is 0. The Balaban J connectivity index is 1.58. The molecular weight excluding hydrogens is 328 g/mol. The Bertz CT molecular complexity index is 696. The van der Waals surface area contributed by atoms with E-state index in [9.17, 15) is 0 Å². The van der Waals surface area contributed by atoms with Crippen LogP contribution in [0.1, 0.15) is 90.0 Å². The molecule has 3 rings (SSSR count). The largest absolute Gasteiger partial charge is 0.494 e. The van der Waals surface area contributed by atoms with Crippen molar-refractivity contribution < 1.29 is 4.74 Å². The molecule has 1 saturated carbocycles. The fourth-order valence-electron chi connectivity index (χ4n) is 4.60. The first-order valence-corrected chi connectivity index (χ1v) is 11.4. The summed E-state index contributed by atoms with van der Waals surface area (Å²) in [5.74, 6) is 3.62. The maximum Gasteiger partial charge on any atom is 0.119 e. The molecule has 1 unspecified atom stereocenters. The molecule has 0 heterocycles. The van der Waals surface area contributed by atoms with Crippen molar-refractivity contribution in [3.05, 3.63) is 42.0 Å². The van der Waals surface area contributed by atoms with Gasteiger partial charge in [0.25, 0.3) is 0 Å². The fraction of sp³-hybridized carbons (Fsp3) is 0.615. The van der Waals surface area contributed by atoms with E-state index in [0.717, 1.165) is 36.5 Å². The maximum absolute atomic E-state index is 5.92. The lowest BCUT2D eigenvalue weighted by Crippen LogP contribution is -2.15. The van der Waals surface area contributed by atoms with Gasteiger partial charge in [0.2, 0.25) is 0 Å². The SMILES string of the molecule is CCCCCOc1ccc2cc([C@H]3CC[C@H](CC(C)CC)CC3)ccc2c1. The van der Waals surface area contributed by atoms with Crippen LogP contribution in [0, 0.1) is 11.8 Å². The summed E-state index contributed by atoms with van der Waals surface area (Å²) in [7, 11) is 0. The van der Waals surface area contributed by atoms with E-state index >= 15 is 0 Å². The summed E-state index contributed by atoms with van der Waals surface area (Å²) in [6.07, 6.45) is 12.0. The standard InChI is InChI=1S/C26H38O/c1-4-6-7-16-27-26-15-14-24-18-23(12-13-25(24)19-26)22-10-8-21(9-11-22)17-20(3)5-2/h12-15,18-22H,4-11,16-17H2,1-3H3/t20?,21-,22-. The van der Waals surface area contributed by atoms with Crippen LogP contribution in [0.2, 0.25) is 0 Å². The third kappa shape index (κ3) is 5.74. The molecule has 0 bridgehead atoms. The van der Waals surface area contributed by atoms with Crippen LogP contribution in [0.15, 0.2) is 36.4 Å². The van der Waals surface area contributed by atoms with Gasteiger partial charge in [-0.15, -0.1) is 0 Å². The average molecular weight is 367 g/mol. The van der Waals surface area contributed by atoms with Gasteiger partial charge in [-0.05, 0) is 84.7 Å². The Morgan fingerprint density at radius 3 is 2.41 bits per heavy atom. The zero-order valence-corrected chi connectivity index (χ0v) is 17.7. The minimum absolute atomic E-state index is 0.757. The molecule has 2 aromatic rings. The first-order chi connectivity index (χ1) is 13.2. The summed E-state index contributed by atoms with van der Waals surface area (Å²) < 4.78 is 5.92. The Morgan fingerprint density at radius 2 is 1.67 bits per heavy atom. The van der Waals surface area contributed by atoms with Gasteiger partial charge in [-0.3, -0.25) is 0 Å². The van der Waals surface area contributed by atoms with Gasteiger partial charge in [0.05, 0.1) is 6.61 Å². The van der Waals surface area contributed by atoms with Crippen molar-refractivity contribution in [2.24, 2.45) is 11.8 Å². The van der Waals surface area contributed by atoms with E-state index in [1.54, 1.807) is 5.56 Å². The second-order valence-electron chi connectivity index (χ2n) is 8.79. The molecule has 0 radical (unpaired) electrons. The van der Waals surface area contributed by atoms with Crippen molar-refractivity contribution in [2.75, 3.05) is 6.61 Å². The van der Waals surface area contributed by atoms with Crippen LogP contribution in [0.25, 0.3) is 10.8 Å². The highest BCUT2D eigenvalue weighted by Gasteiger charge is 2.23. The van der Waals surface area contributed by atoms with E-state index in [4.69, 9.17) is 4.74 Å². The predicted octanol–water partition coefficient (Wildman–Crippen LogP) is 8.12. The van der Waals surface area contributed by atoms with Crippen molar-refractivity contribution in [2.45, 2.75) is 84.5 Å². The van der Waals surface area contributed by atoms with Crippen molar-refractivity contribution in [1.29, 1.82) is 0 Å². The van der Waals surface area contributed by atoms with Gasteiger partial charge < -0.3 is 4.74 Å². The molecular formula is C26H38O. The van der Waals surface area contributed by atoms with Gasteiger partial charge in [-0.2, -0.15) is 0 Å². The molecule has 1 heteroatoms. The number of ether oxygens (including phenoxy) is 1. The zero-order chi connectivity index (χ0) is 19.1. The number of hydrogen-bond acceptors (Lipinski definition) is 1. The van der Waals surface area contributed by atoms with Crippen LogP contribution in [-0.2, 0) is 0 Å². The van der Waals surface area contributed by atoms with Crippen molar-refractivity contribution in [3.8, 4) is 5.75 Å². The molecule has 0 aromatic heterocycles. The lowest BCUT2D eigenvalue weighted by Gasteiger charge is -2.30. The summed E-state index contributed by atoms with van der Waals surface area (Å²) in [5.41, 5.74) is 1.54. The third-order valence-corrected chi connectivity index (χ3v) is 6.60. The molecule has 1 atom stereocenters. The topological polar surface area (TPSA) is 9.23 Å². The molecule has 0 aliphatic heterocycles. The molecule has 1 aliphatic carbocycles. The summed E-state index contributed by atoms with van der Waals surface area (Å²) in [6.45, 7) is 7.80. The van der Waals surface area contributed by atoms with Crippen molar-refractivity contribution in [3.63, 3.8) is 0 Å². The summed E-state index contributed by atoms with van der Waals surface area (Å²) >= 11 is 0. The minimum Gasteiger partial charge on any atom is -0.494 e. The smallest absolute Gasteiger partial charge is 0.119 e. The first kappa shape index (κ1) is 20.2. The average Bonchev–Trinajstić information content (AvgIpc) is 2.71. The Hall–Kier alpha value is -1.50. The lowest BCUT2D eigenvalue weighted by molar-refractivity contribution is 0.273. The molecule has 0 saturated heterocycles.